The second kappa shape index (κ2) is 6.91. The Morgan fingerprint density at radius 1 is 1.07 bits per heavy atom. The Labute approximate surface area is 172 Å². The molecule has 3 amide bonds. The molecule has 1 fully saturated rings. The molecule has 2 aliphatic heterocycles. The summed E-state index contributed by atoms with van der Waals surface area (Å²) < 4.78 is 1.78. The monoisotopic (exact) mass is 401 g/mol. The molecule has 1 aromatic heterocycles. The molecule has 1 N–H and O–H groups in total. The number of piperidine rings is 1. The number of fused-ring (bicyclic) bond motifs is 1. The van der Waals surface area contributed by atoms with Gasteiger partial charge in [0.25, 0.3) is 5.91 Å². The van der Waals surface area contributed by atoms with Gasteiger partial charge in [0.05, 0.1) is 11.4 Å². The maximum Gasteiger partial charge on any atom is 0.255 e. The number of nitrogens with zero attached hydrogens (tertiary/aromatic N) is 4. The Bertz CT molecular complexity index is 1180. The molecule has 0 saturated carbocycles. The topological polar surface area (TPSA) is 97.2 Å². The maximum absolute atomic E-state index is 12.9. The summed E-state index contributed by atoms with van der Waals surface area (Å²) in [7, 11) is 0. The smallest absolute Gasteiger partial charge is 0.255 e. The van der Waals surface area contributed by atoms with Gasteiger partial charge in [-0.05, 0) is 43.2 Å². The molecular formula is C22H19N5O3. The van der Waals surface area contributed by atoms with Gasteiger partial charge in [-0.2, -0.15) is 0 Å². The van der Waals surface area contributed by atoms with E-state index < -0.39 is 11.9 Å². The van der Waals surface area contributed by atoms with Crippen LogP contribution in [0.4, 0.5) is 0 Å². The Balaban J connectivity index is 1.45. The zero-order valence-corrected chi connectivity index (χ0v) is 16.3. The molecule has 3 aromatic rings. The number of hydrogen-bond donors (Lipinski definition) is 1. The molecule has 2 aliphatic rings. The molecule has 150 valence electrons. The molecule has 1 saturated heterocycles. The van der Waals surface area contributed by atoms with Gasteiger partial charge >= 0.3 is 0 Å². The summed E-state index contributed by atoms with van der Waals surface area (Å²) in [5, 5.41) is 11.0. The van der Waals surface area contributed by atoms with Crippen LogP contribution in [0.5, 0.6) is 0 Å². The van der Waals surface area contributed by atoms with E-state index in [0.717, 1.165) is 28.2 Å². The normalized spacial score (nSPS) is 18.5. The standard InChI is InChI=1S/C22H19N5O3/c1-13-20(24-25-27(13)16-5-3-2-4-6-16)14-7-8-17-15(11-14)12-26(22(17)30)18-9-10-19(28)23-21(18)29/h2-8,11,18H,9-10,12H2,1H3,(H,23,28,29). The van der Waals surface area contributed by atoms with Crippen LogP contribution in [0.15, 0.2) is 48.5 Å². The van der Waals surface area contributed by atoms with E-state index in [4.69, 9.17) is 0 Å². The molecule has 30 heavy (non-hydrogen) atoms. The van der Waals surface area contributed by atoms with Crippen molar-refractivity contribution >= 4 is 17.7 Å². The van der Waals surface area contributed by atoms with Crippen molar-refractivity contribution in [2.75, 3.05) is 0 Å². The summed E-state index contributed by atoms with van der Waals surface area (Å²) in [4.78, 5) is 38.0. The van der Waals surface area contributed by atoms with E-state index in [2.05, 4.69) is 15.6 Å². The first kappa shape index (κ1) is 18.2. The van der Waals surface area contributed by atoms with Crippen LogP contribution >= 0.6 is 0 Å². The SMILES string of the molecule is Cc1c(-c2ccc3c(c2)CN(C2CCC(=O)NC2=O)C3=O)nnn1-c1ccccc1. The van der Waals surface area contributed by atoms with Crippen molar-refractivity contribution in [2.45, 2.75) is 32.4 Å². The highest BCUT2D eigenvalue weighted by atomic mass is 16.2. The summed E-state index contributed by atoms with van der Waals surface area (Å²) in [6.45, 7) is 2.29. The summed E-state index contributed by atoms with van der Waals surface area (Å²) in [5.41, 5.74) is 4.86. The van der Waals surface area contributed by atoms with Crippen LogP contribution in [0.25, 0.3) is 16.9 Å². The molecule has 3 heterocycles. The van der Waals surface area contributed by atoms with Crippen LogP contribution < -0.4 is 5.32 Å². The molecule has 8 nitrogen and oxygen atoms in total. The molecule has 1 unspecified atom stereocenters. The fourth-order valence-electron chi connectivity index (χ4n) is 4.13. The third-order valence-electron chi connectivity index (χ3n) is 5.69. The second-order valence-corrected chi connectivity index (χ2v) is 7.54. The highest BCUT2D eigenvalue weighted by Gasteiger charge is 2.39. The first-order chi connectivity index (χ1) is 14.5. The lowest BCUT2D eigenvalue weighted by molar-refractivity contribution is -0.136. The molecule has 0 spiro atoms. The molecule has 0 aliphatic carbocycles. The van der Waals surface area contributed by atoms with Gasteiger partial charge in [-0.1, -0.05) is 29.5 Å². The molecule has 8 heteroatoms. The van der Waals surface area contributed by atoms with Gasteiger partial charge in [-0.3, -0.25) is 19.7 Å². The molecule has 0 bridgehead atoms. The average molecular weight is 401 g/mol. The lowest BCUT2D eigenvalue weighted by Crippen LogP contribution is -2.52. The Morgan fingerprint density at radius 3 is 2.63 bits per heavy atom. The van der Waals surface area contributed by atoms with Crippen LogP contribution in [-0.2, 0) is 16.1 Å². The number of benzene rings is 2. The minimum absolute atomic E-state index is 0.185. The number of para-hydroxylation sites is 1. The lowest BCUT2D eigenvalue weighted by atomic mass is 10.0. The first-order valence-corrected chi connectivity index (χ1v) is 9.78. The van der Waals surface area contributed by atoms with Crippen molar-refractivity contribution in [3.8, 4) is 16.9 Å². The molecule has 0 radical (unpaired) electrons. The second-order valence-electron chi connectivity index (χ2n) is 7.54. The minimum atomic E-state index is -0.619. The lowest BCUT2D eigenvalue weighted by Gasteiger charge is -2.29. The summed E-state index contributed by atoms with van der Waals surface area (Å²) in [5.74, 6) is -0.885. The van der Waals surface area contributed by atoms with Crippen molar-refractivity contribution in [3.63, 3.8) is 0 Å². The van der Waals surface area contributed by atoms with Crippen LogP contribution in [0.3, 0.4) is 0 Å². The van der Waals surface area contributed by atoms with Crippen molar-refractivity contribution in [2.24, 2.45) is 0 Å². The van der Waals surface area contributed by atoms with E-state index in [-0.39, 0.29) is 18.2 Å². The average Bonchev–Trinajstić information content (AvgIpc) is 3.28. The minimum Gasteiger partial charge on any atom is -0.322 e. The number of imide groups is 1. The van der Waals surface area contributed by atoms with Gasteiger partial charge in [-0.25, -0.2) is 4.68 Å². The van der Waals surface area contributed by atoms with E-state index in [0.29, 0.717) is 18.5 Å². The number of carbonyl (C=O) groups excluding carboxylic acids is 3. The zero-order valence-electron chi connectivity index (χ0n) is 16.3. The quantitative estimate of drug-likeness (QED) is 0.677. The fraction of sp³-hybridized carbons (Fsp3) is 0.227. The van der Waals surface area contributed by atoms with Crippen LogP contribution in [0.1, 0.15) is 34.5 Å². The van der Waals surface area contributed by atoms with Crippen LogP contribution in [0.2, 0.25) is 0 Å². The van der Waals surface area contributed by atoms with Crippen molar-refractivity contribution in [3.05, 3.63) is 65.4 Å². The zero-order chi connectivity index (χ0) is 20.8. The highest BCUT2D eigenvalue weighted by molar-refractivity contribution is 6.05. The largest absolute Gasteiger partial charge is 0.322 e. The molecule has 5 rings (SSSR count). The van der Waals surface area contributed by atoms with Crippen molar-refractivity contribution in [1.29, 1.82) is 0 Å². The number of aromatic nitrogens is 3. The van der Waals surface area contributed by atoms with Gasteiger partial charge in [0.1, 0.15) is 11.7 Å². The van der Waals surface area contributed by atoms with Crippen LogP contribution in [-0.4, -0.2) is 43.7 Å². The molecular weight excluding hydrogens is 382 g/mol. The third-order valence-corrected chi connectivity index (χ3v) is 5.69. The van der Waals surface area contributed by atoms with E-state index in [1.165, 1.54) is 0 Å². The first-order valence-electron chi connectivity index (χ1n) is 9.78. The van der Waals surface area contributed by atoms with E-state index in [1.807, 2.05) is 49.4 Å². The maximum atomic E-state index is 12.9. The third kappa shape index (κ3) is 2.88. The Hall–Kier alpha value is -3.81. The molecule has 2 aromatic carbocycles. The van der Waals surface area contributed by atoms with Gasteiger partial charge in [0.15, 0.2) is 0 Å². The number of amides is 3. The Morgan fingerprint density at radius 2 is 1.87 bits per heavy atom. The van der Waals surface area contributed by atoms with E-state index in [1.54, 1.807) is 15.6 Å². The predicted molar refractivity (Wildman–Crippen MR) is 108 cm³/mol. The van der Waals surface area contributed by atoms with Gasteiger partial charge in [0.2, 0.25) is 11.8 Å². The summed E-state index contributed by atoms with van der Waals surface area (Å²) in [6.07, 6.45) is 0.589. The summed E-state index contributed by atoms with van der Waals surface area (Å²) in [6, 6.07) is 14.7. The van der Waals surface area contributed by atoms with E-state index >= 15 is 0 Å². The number of hydrogen-bond acceptors (Lipinski definition) is 5. The number of rotatable bonds is 3. The Kier molecular flexibility index (Phi) is 4.20. The van der Waals surface area contributed by atoms with Crippen LogP contribution in [0, 0.1) is 6.92 Å². The van der Waals surface area contributed by atoms with Gasteiger partial charge < -0.3 is 4.90 Å². The van der Waals surface area contributed by atoms with Crippen molar-refractivity contribution < 1.29 is 14.4 Å². The van der Waals surface area contributed by atoms with Crippen molar-refractivity contribution in [1.82, 2.24) is 25.2 Å². The molecule has 1 atom stereocenters. The predicted octanol–water partition coefficient (Wildman–Crippen LogP) is 2.00. The fourth-order valence-corrected chi connectivity index (χ4v) is 4.13. The van der Waals surface area contributed by atoms with Gasteiger partial charge in [-0.15, -0.1) is 5.10 Å². The van der Waals surface area contributed by atoms with E-state index in [9.17, 15) is 14.4 Å². The van der Waals surface area contributed by atoms with Gasteiger partial charge in [0, 0.05) is 24.1 Å². The number of carbonyl (C=O) groups is 3. The number of nitrogens with one attached hydrogen (secondary N) is 1. The summed E-state index contributed by atoms with van der Waals surface area (Å²) >= 11 is 0. The highest BCUT2D eigenvalue weighted by Crippen LogP contribution is 2.31.